The van der Waals surface area contributed by atoms with Gasteiger partial charge >= 0.3 is 0 Å². The minimum Gasteiger partial charge on any atom is -0.490 e. The van der Waals surface area contributed by atoms with Crippen molar-refractivity contribution < 1.29 is 4.74 Å². The van der Waals surface area contributed by atoms with Crippen molar-refractivity contribution >= 4 is 0 Å². The number of nitrogens with two attached hydrogens (primary N) is 1. The topological polar surface area (TPSA) is 53.1 Å². The fourth-order valence-electron chi connectivity index (χ4n) is 1.56. The van der Waals surface area contributed by atoms with Gasteiger partial charge in [0.2, 0.25) is 0 Å². The zero-order chi connectivity index (χ0) is 11.6. The lowest BCUT2D eigenvalue weighted by Gasteiger charge is -2.02. The van der Waals surface area contributed by atoms with Gasteiger partial charge in [0, 0.05) is 6.54 Å². The third kappa shape index (κ3) is 5.16. The number of nitrogens with zero attached hydrogens (tertiary/aromatic N) is 2. The highest BCUT2D eigenvalue weighted by molar-refractivity contribution is 5.11. The van der Waals surface area contributed by atoms with Gasteiger partial charge in [-0.1, -0.05) is 19.8 Å². The second-order valence-corrected chi connectivity index (χ2v) is 3.99. The molecule has 0 aliphatic rings. The van der Waals surface area contributed by atoms with Crippen molar-refractivity contribution in [2.24, 2.45) is 5.73 Å². The normalized spacial score (nSPS) is 10.6. The number of rotatable bonds is 9. The number of hydrogen-bond acceptors (Lipinski definition) is 3. The Balaban J connectivity index is 2.07. The Morgan fingerprint density at radius 3 is 2.88 bits per heavy atom. The maximum atomic E-state index is 5.60. The number of hydrogen-bond donors (Lipinski definition) is 1. The van der Waals surface area contributed by atoms with Crippen molar-refractivity contribution in [2.45, 2.75) is 45.6 Å². The summed E-state index contributed by atoms with van der Waals surface area (Å²) >= 11 is 0. The minimum atomic E-state index is 0.780. The Kier molecular flexibility index (Phi) is 6.65. The summed E-state index contributed by atoms with van der Waals surface area (Å²) < 4.78 is 7.52. The Bertz CT molecular complexity index is 273. The average Bonchev–Trinajstić information content (AvgIpc) is 2.72. The molecule has 4 heteroatoms. The highest BCUT2D eigenvalue weighted by Crippen LogP contribution is 2.09. The maximum absolute atomic E-state index is 5.60. The van der Waals surface area contributed by atoms with Gasteiger partial charge in [-0.3, -0.25) is 4.68 Å². The van der Waals surface area contributed by atoms with Gasteiger partial charge in [-0.25, -0.2) is 0 Å². The average molecular weight is 225 g/mol. The van der Waals surface area contributed by atoms with E-state index in [9.17, 15) is 0 Å². The van der Waals surface area contributed by atoms with Gasteiger partial charge < -0.3 is 10.5 Å². The molecule has 0 unspecified atom stereocenters. The fraction of sp³-hybridized carbons (Fsp3) is 0.750. The molecule has 1 rings (SSSR count). The van der Waals surface area contributed by atoms with Crippen LogP contribution in [0.4, 0.5) is 0 Å². The fourth-order valence-corrected chi connectivity index (χ4v) is 1.56. The van der Waals surface area contributed by atoms with E-state index in [1.54, 1.807) is 6.20 Å². The standard InChI is InChI=1S/C12H23N3O/c1-2-8-15-11-12(10-14-15)16-9-6-4-3-5-7-13/h10-11H,2-9,13H2,1H3. The molecule has 4 nitrogen and oxygen atoms in total. The van der Waals surface area contributed by atoms with Crippen LogP contribution in [-0.4, -0.2) is 22.9 Å². The predicted molar refractivity (Wildman–Crippen MR) is 65.5 cm³/mol. The first-order valence-electron chi connectivity index (χ1n) is 6.22. The Morgan fingerprint density at radius 1 is 1.31 bits per heavy atom. The molecule has 0 fully saturated rings. The molecule has 0 aromatic carbocycles. The van der Waals surface area contributed by atoms with Crippen molar-refractivity contribution in [3.63, 3.8) is 0 Å². The summed E-state index contributed by atoms with van der Waals surface area (Å²) in [6, 6.07) is 0. The molecule has 0 saturated carbocycles. The predicted octanol–water partition coefficient (Wildman–Crippen LogP) is 2.19. The molecule has 0 amide bonds. The van der Waals surface area contributed by atoms with E-state index < -0.39 is 0 Å². The zero-order valence-electron chi connectivity index (χ0n) is 10.2. The van der Waals surface area contributed by atoms with E-state index in [4.69, 9.17) is 10.5 Å². The summed E-state index contributed by atoms with van der Waals surface area (Å²) in [5, 5.41) is 4.21. The zero-order valence-corrected chi connectivity index (χ0v) is 10.2. The maximum Gasteiger partial charge on any atom is 0.157 e. The van der Waals surface area contributed by atoms with E-state index >= 15 is 0 Å². The van der Waals surface area contributed by atoms with Gasteiger partial charge in [-0.05, 0) is 25.8 Å². The molecule has 16 heavy (non-hydrogen) atoms. The van der Waals surface area contributed by atoms with Gasteiger partial charge in [0.25, 0.3) is 0 Å². The van der Waals surface area contributed by atoms with Crippen molar-refractivity contribution in [1.29, 1.82) is 0 Å². The van der Waals surface area contributed by atoms with Crippen LogP contribution >= 0.6 is 0 Å². The van der Waals surface area contributed by atoms with Gasteiger partial charge in [0.05, 0.1) is 19.0 Å². The molecule has 0 spiro atoms. The monoisotopic (exact) mass is 225 g/mol. The highest BCUT2D eigenvalue weighted by Gasteiger charge is 1.98. The molecule has 1 aromatic rings. The van der Waals surface area contributed by atoms with Gasteiger partial charge in [0.15, 0.2) is 5.75 Å². The summed E-state index contributed by atoms with van der Waals surface area (Å²) in [4.78, 5) is 0. The third-order valence-corrected chi connectivity index (χ3v) is 2.43. The van der Waals surface area contributed by atoms with Crippen LogP contribution in [0.5, 0.6) is 5.75 Å². The molecule has 0 aliphatic heterocycles. The first-order valence-corrected chi connectivity index (χ1v) is 6.22. The quantitative estimate of drug-likeness (QED) is 0.655. The van der Waals surface area contributed by atoms with E-state index in [1.807, 2.05) is 10.9 Å². The second kappa shape index (κ2) is 8.16. The van der Waals surface area contributed by atoms with Crippen molar-refractivity contribution in [3.05, 3.63) is 12.4 Å². The first kappa shape index (κ1) is 13.0. The Hall–Kier alpha value is -1.03. The third-order valence-electron chi connectivity index (χ3n) is 2.43. The van der Waals surface area contributed by atoms with Gasteiger partial charge in [-0.2, -0.15) is 5.10 Å². The SMILES string of the molecule is CCCn1cc(OCCCCCCN)cn1. The van der Waals surface area contributed by atoms with Crippen molar-refractivity contribution in [3.8, 4) is 5.75 Å². The number of unbranched alkanes of at least 4 members (excludes halogenated alkanes) is 3. The lowest BCUT2D eigenvalue weighted by Crippen LogP contribution is -2.00. The van der Waals surface area contributed by atoms with Crippen LogP contribution in [0.1, 0.15) is 39.0 Å². The van der Waals surface area contributed by atoms with E-state index in [0.717, 1.165) is 44.7 Å². The van der Waals surface area contributed by atoms with Crippen LogP contribution in [0.3, 0.4) is 0 Å². The summed E-state index contributed by atoms with van der Waals surface area (Å²) in [7, 11) is 0. The Labute approximate surface area is 97.8 Å². The van der Waals surface area contributed by atoms with Crippen molar-refractivity contribution in [2.75, 3.05) is 13.2 Å². The van der Waals surface area contributed by atoms with E-state index in [2.05, 4.69) is 12.0 Å². The van der Waals surface area contributed by atoms with E-state index in [-0.39, 0.29) is 0 Å². The van der Waals surface area contributed by atoms with E-state index in [0.29, 0.717) is 0 Å². The van der Waals surface area contributed by atoms with Crippen LogP contribution in [0.25, 0.3) is 0 Å². The molecular formula is C12H23N3O. The molecule has 0 bridgehead atoms. The van der Waals surface area contributed by atoms with Crippen LogP contribution < -0.4 is 10.5 Å². The first-order chi connectivity index (χ1) is 7.86. The van der Waals surface area contributed by atoms with Gasteiger partial charge in [-0.15, -0.1) is 0 Å². The largest absolute Gasteiger partial charge is 0.490 e. The summed E-state index contributed by atoms with van der Waals surface area (Å²) in [5.74, 6) is 0.882. The number of aromatic nitrogens is 2. The number of ether oxygens (including phenoxy) is 1. The summed E-state index contributed by atoms with van der Waals surface area (Å²) in [5.41, 5.74) is 5.42. The van der Waals surface area contributed by atoms with E-state index in [1.165, 1.54) is 12.8 Å². The van der Waals surface area contributed by atoms with Crippen LogP contribution in [0.2, 0.25) is 0 Å². The summed E-state index contributed by atoms with van der Waals surface area (Å²) in [6.45, 7) is 4.67. The molecule has 0 aliphatic carbocycles. The molecule has 0 radical (unpaired) electrons. The summed E-state index contributed by atoms with van der Waals surface area (Å²) in [6.07, 6.45) is 9.46. The Morgan fingerprint density at radius 2 is 2.12 bits per heavy atom. The molecule has 92 valence electrons. The molecule has 0 atom stereocenters. The minimum absolute atomic E-state index is 0.780. The molecule has 1 heterocycles. The van der Waals surface area contributed by atoms with Gasteiger partial charge in [0.1, 0.15) is 0 Å². The smallest absolute Gasteiger partial charge is 0.157 e. The van der Waals surface area contributed by atoms with Crippen LogP contribution in [-0.2, 0) is 6.54 Å². The molecule has 1 aromatic heterocycles. The van der Waals surface area contributed by atoms with Crippen LogP contribution in [0, 0.1) is 0 Å². The highest BCUT2D eigenvalue weighted by atomic mass is 16.5. The van der Waals surface area contributed by atoms with Crippen molar-refractivity contribution in [1.82, 2.24) is 9.78 Å². The second-order valence-electron chi connectivity index (χ2n) is 3.99. The lowest BCUT2D eigenvalue weighted by atomic mass is 10.2. The lowest BCUT2D eigenvalue weighted by molar-refractivity contribution is 0.304. The van der Waals surface area contributed by atoms with Crippen LogP contribution in [0.15, 0.2) is 12.4 Å². The molecule has 2 N–H and O–H groups in total. The molecule has 0 saturated heterocycles. The molecular weight excluding hydrogens is 202 g/mol. The number of aryl methyl sites for hydroxylation is 1.